The number of halogens is 2. The zero-order valence-corrected chi connectivity index (χ0v) is 16.6. The number of rotatable bonds is 9. The van der Waals surface area contributed by atoms with Crippen molar-refractivity contribution < 1.29 is 4.74 Å². The second kappa shape index (κ2) is 12.6. The average Bonchev–Trinajstić information content (AvgIpc) is 3.01. The Morgan fingerprint density at radius 1 is 1.21 bits per heavy atom. The van der Waals surface area contributed by atoms with Crippen molar-refractivity contribution in [3.05, 3.63) is 52.0 Å². The Balaban J connectivity index is 0.00000264. The van der Waals surface area contributed by atoms with E-state index in [4.69, 9.17) is 10.5 Å². The van der Waals surface area contributed by atoms with Crippen molar-refractivity contribution >= 4 is 36.2 Å². The van der Waals surface area contributed by atoms with Gasteiger partial charge in [-0.05, 0) is 18.9 Å². The SMILES string of the molecule is COC(C)c1nc(CN(CCN)CCc2ccccc2)cs1.Cl.Cl. The first-order chi connectivity index (χ1) is 10.7. The molecule has 0 radical (unpaired) electrons. The quantitative estimate of drug-likeness (QED) is 0.707. The van der Waals surface area contributed by atoms with Gasteiger partial charge in [0.15, 0.2) is 0 Å². The molecule has 0 saturated carbocycles. The van der Waals surface area contributed by atoms with Crippen LogP contribution in [-0.4, -0.2) is 36.6 Å². The maximum atomic E-state index is 5.75. The molecule has 1 atom stereocenters. The molecule has 0 amide bonds. The van der Waals surface area contributed by atoms with E-state index in [9.17, 15) is 0 Å². The van der Waals surface area contributed by atoms with Gasteiger partial charge in [-0.2, -0.15) is 0 Å². The Morgan fingerprint density at radius 3 is 2.54 bits per heavy atom. The van der Waals surface area contributed by atoms with Gasteiger partial charge >= 0.3 is 0 Å². The maximum absolute atomic E-state index is 5.75. The number of benzene rings is 1. The van der Waals surface area contributed by atoms with E-state index in [-0.39, 0.29) is 30.9 Å². The highest BCUT2D eigenvalue weighted by Gasteiger charge is 2.12. The van der Waals surface area contributed by atoms with E-state index >= 15 is 0 Å². The van der Waals surface area contributed by atoms with Gasteiger partial charge in [0.2, 0.25) is 0 Å². The average molecular weight is 392 g/mol. The summed E-state index contributed by atoms with van der Waals surface area (Å²) in [7, 11) is 1.71. The van der Waals surface area contributed by atoms with Gasteiger partial charge in [0.05, 0.1) is 5.69 Å². The summed E-state index contributed by atoms with van der Waals surface area (Å²) in [5, 5.41) is 3.16. The van der Waals surface area contributed by atoms with Crippen molar-refractivity contribution in [2.24, 2.45) is 5.73 Å². The second-order valence-electron chi connectivity index (χ2n) is 5.36. The summed E-state index contributed by atoms with van der Waals surface area (Å²) < 4.78 is 5.32. The van der Waals surface area contributed by atoms with E-state index in [1.807, 2.05) is 6.92 Å². The summed E-state index contributed by atoms with van der Waals surface area (Å²) in [6.07, 6.45) is 1.10. The molecule has 1 unspecified atom stereocenters. The van der Waals surface area contributed by atoms with Crippen molar-refractivity contribution in [3.63, 3.8) is 0 Å². The minimum Gasteiger partial charge on any atom is -0.375 e. The first-order valence-electron chi connectivity index (χ1n) is 7.66. The van der Waals surface area contributed by atoms with Gasteiger partial charge < -0.3 is 10.5 Å². The summed E-state index contributed by atoms with van der Waals surface area (Å²) in [5.74, 6) is 0. The van der Waals surface area contributed by atoms with E-state index in [2.05, 4.69) is 45.6 Å². The predicted octanol–water partition coefficient (Wildman–Crippen LogP) is 3.70. The summed E-state index contributed by atoms with van der Waals surface area (Å²) in [5.41, 5.74) is 8.21. The first-order valence-corrected chi connectivity index (χ1v) is 8.54. The molecule has 24 heavy (non-hydrogen) atoms. The maximum Gasteiger partial charge on any atom is 0.122 e. The van der Waals surface area contributed by atoms with Crippen molar-refractivity contribution in [1.29, 1.82) is 0 Å². The molecule has 0 aliphatic rings. The summed E-state index contributed by atoms with van der Waals surface area (Å²) >= 11 is 1.66. The lowest BCUT2D eigenvalue weighted by Gasteiger charge is -2.20. The molecule has 0 aliphatic heterocycles. The molecule has 0 spiro atoms. The van der Waals surface area contributed by atoms with Gasteiger partial charge in [-0.25, -0.2) is 4.98 Å². The molecule has 2 N–H and O–H groups in total. The third kappa shape index (κ3) is 7.47. The van der Waals surface area contributed by atoms with E-state index < -0.39 is 0 Å². The number of ether oxygens (including phenoxy) is 1. The number of methoxy groups -OCH3 is 1. The van der Waals surface area contributed by atoms with E-state index in [0.29, 0.717) is 6.54 Å². The van der Waals surface area contributed by atoms with Gasteiger partial charge in [0.1, 0.15) is 11.1 Å². The van der Waals surface area contributed by atoms with Gasteiger partial charge in [-0.15, -0.1) is 36.2 Å². The lowest BCUT2D eigenvalue weighted by Crippen LogP contribution is -2.31. The molecular formula is C17H27Cl2N3OS. The fourth-order valence-corrected chi connectivity index (χ4v) is 3.14. The molecule has 0 saturated heterocycles. The fourth-order valence-electron chi connectivity index (χ4n) is 2.30. The Labute approximate surface area is 161 Å². The topological polar surface area (TPSA) is 51.4 Å². The van der Waals surface area contributed by atoms with Crippen LogP contribution in [-0.2, 0) is 17.7 Å². The lowest BCUT2D eigenvalue weighted by molar-refractivity contribution is 0.119. The first kappa shape index (κ1) is 23.3. The summed E-state index contributed by atoms with van der Waals surface area (Å²) in [6.45, 7) is 5.42. The van der Waals surface area contributed by atoms with Crippen LogP contribution in [0.4, 0.5) is 0 Å². The van der Waals surface area contributed by atoms with Crippen molar-refractivity contribution in [2.75, 3.05) is 26.7 Å². The smallest absolute Gasteiger partial charge is 0.122 e. The number of thiazole rings is 1. The fraction of sp³-hybridized carbons (Fsp3) is 0.471. The van der Waals surface area contributed by atoms with Crippen molar-refractivity contribution in [1.82, 2.24) is 9.88 Å². The van der Waals surface area contributed by atoms with Gasteiger partial charge in [0.25, 0.3) is 0 Å². The molecule has 0 fully saturated rings. The monoisotopic (exact) mass is 391 g/mol. The number of aromatic nitrogens is 1. The molecule has 1 aromatic heterocycles. The van der Waals surface area contributed by atoms with Crippen LogP contribution in [0.3, 0.4) is 0 Å². The van der Waals surface area contributed by atoms with Crippen LogP contribution in [0, 0.1) is 0 Å². The minimum absolute atomic E-state index is 0. The number of hydrogen-bond acceptors (Lipinski definition) is 5. The second-order valence-corrected chi connectivity index (χ2v) is 6.25. The van der Waals surface area contributed by atoms with Gasteiger partial charge in [-0.3, -0.25) is 4.90 Å². The molecular weight excluding hydrogens is 365 g/mol. The zero-order chi connectivity index (χ0) is 15.8. The molecule has 136 valence electrons. The van der Waals surface area contributed by atoms with Crippen molar-refractivity contribution in [3.8, 4) is 0 Å². The lowest BCUT2D eigenvalue weighted by atomic mass is 10.1. The largest absolute Gasteiger partial charge is 0.375 e. The number of hydrogen-bond donors (Lipinski definition) is 1. The van der Waals surface area contributed by atoms with Crippen LogP contribution < -0.4 is 5.73 Å². The third-order valence-electron chi connectivity index (χ3n) is 3.66. The summed E-state index contributed by atoms with van der Waals surface area (Å²) in [4.78, 5) is 7.03. The van der Waals surface area contributed by atoms with Crippen LogP contribution in [0.2, 0.25) is 0 Å². The molecule has 2 rings (SSSR count). The molecule has 7 heteroatoms. The third-order valence-corrected chi connectivity index (χ3v) is 4.72. The van der Waals surface area contributed by atoms with Crippen LogP contribution >= 0.6 is 36.2 Å². The Kier molecular flexibility index (Phi) is 12.3. The highest BCUT2D eigenvalue weighted by atomic mass is 35.5. The van der Waals surface area contributed by atoms with Crippen LogP contribution in [0.5, 0.6) is 0 Å². The van der Waals surface area contributed by atoms with Gasteiger partial charge in [-0.1, -0.05) is 30.3 Å². The van der Waals surface area contributed by atoms with E-state index in [1.54, 1.807) is 18.4 Å². The molecule has 1 aromatic carbocycles. The minimum atomic E-state index is 0. The van der Waals surface area contributed by atoms with Gasteiger partial charge in [0, 0.05) is 38.7 Å². The number of nitrogens with two attached hydrogens (primary N) is 1. The Bertz CT molecular complexity index is 554. The predicted molar refractivity (Wildman–Crippen MR) is 107 cm³/mol. The summed E-state index contributed by atoms with van der Waals surface area (Å²) in [6, 6.07) is 10.6. The van der Waals surface area contributed by atoms with Crippen LogP contribution in [0.1, 0.15) is 29.3 Å². The standard InChI is InChI=1S/C17H25N3OS.2ClH/c1-14(21-2)17-19-16(13-22-17)12-20(11-9-18)10-8-15-6-4-3-5-7-15;;/h3-7,13-14H,8-12,18H2,1-2H3;2*1H. The molecule has 1 heterocycles. The zero-order valence-electron chi connectivity index (χ0n) is 14.2. The molecule has 4 nitrogen and oxygen atoms in total. The molecule has 0 bridgehead atoms. The van der Waals surface area contributed by atoms with E-state index in [1.165, 1.54) is 5.56 Å². The van der Waals surface area contributed by atoms with E-state index in [0.717, 1.165) is 36.8 Å². The van der Waals surface area contributed by atoms with Crippen molar-refractivity contribution in [2.45, 2.75) is 26.0 Å². The number of nitrogens with zero attached hydrogens (tertiary/aromatic N) is 2. The Hall–Kier alpha value is -0.690. The highest BCUT2D eigenvalue weighted by Crippen LogP contribution is 2.21. The Morgan fingerprint density at radius 2 is 1.92 bits per heavy atom. The highest BCUT2D eigenvalue weighted by molar-refractivity contribution is 7.09. The molecule has 2 aromatic rings. The van der Waals surface area contributed by atoms with Crippen LogP contribution in [0.25, 0.3) is 0 Å². The van der Waals surface area contributed by atoms with Crippen LogP contribution in [0.15, 0.2) is 35.7 Å². The normalized spacial score (nSPS) is 11.7. The molecule has 0 aliphatic carbocycles.